The lowest BCUT2D eigenvalue weighted by atomic mass is 10.1. The standard InChI is InChI=1S/C17H19ClN4O2/c1-12(13-2-4-14(18)5-3-13)21-8-10-22(11-9-21)17(24)15-6-7-16(23)20-19-15/h2-7,12H,8-11H2,1H3,(H,20,23). The maximum absolute atomic E-state index is 12.4. The molecule has 1 aliphatic heterocycles. The fourth-order valence-electron chi connectivity index (χ4n) is 2.89. The molecular weight excluding hydrogens is 328 g/mol. The Bertz CT molecular complexity index is 746. The van der Waals surface area contributed by atoms with Crippen LogP contribution >= 0.6 is 11.6 Å². The molecule has 1 atom stereocenters. The predicted molar refractivity (Wildman–Crippen MR) is 92.2 cm³/mol. The number of hydrogen-bond acceptors (Lipinski definition) is 4. The summed E-state index contributed by atoms with van der Waals surface area (Å²) in [7, 11) is 0. The first-order valence-electron chi connectivity index (χ1n) is 7.89. The normalized spacial score (nSPS) is 16.8. The summed E-state index contributed by atoms with van der Waals surface area (Å²) in [6.45, 7) is 5.01. The average molecular weight is 347 g/mol. The Morgan fingerprint density at radius 3 is 2.38 bits per heavy atom. The summed E-state index contributed by atoms with van der Waals surface area (Å²) in [6.07, 6.45) is 0. The summed E-state index contributed by atoms with van der Waals surface area (Å²) in [5, 5.41) is 6.84. The van der Waals surface area contributed by atoms with Gasteiger partial charge in [-0.15, -0.1) is 0 Å². The number of nitrogens with one attached hydrogen (secondary N) is 1. The molecule has 1 N–H and O–H groups in total. The highest BCUT2D eigenvalue weighted by atomic mass is 35.5. The fraction of sp³-hybridized carbons (Fsp3) is 0.353. The SMILES string of the molecule is CC(c1ccc(Cl)cc1)N1CCN(C(=O)c2ccc(=O)[nH]n2)CC1. The molecule has 2 heterocycles. The summed E-state index contributed by atoms with van der Waals surface area (Å²) >= 11 is 5.94. The molecule has 3 rings (SSSR count). The van der Waals surface area contributed by atoms with Crippen molar-refractivity contribution in [2.45, 2.75) is 13.0 Å². The van der Waals surface area contributed by atoms with Gasteiger partial charge in [-0.2, -0.15) is 5.10 Å². The van der Waals surface area contributed by atoms with Crippen molar-refractivity contribution in [3.63, 3.8) is 0 Å². The van der Waals surface area contributed by atoms with E-state index in [4.69, 9.17) is 11.6 Å². The molecule has 1 unspecified atom stereocenters. The van der Waals surface area contributed by atoms with Crippen LogP contribution in [0.3, 0.4) is 0 Å². The van der Waals surface area contributed by atoms with E-state index in [9.17, 15) is 9.59 Å². The number of aromatic amines is 1. The average Bonchev–Trinajstić information content (AvgIpc) is 2.62. The first-order valence-corrected chi connectivity index (χ1v) is 8.27. The van der Waals surface area contributed by atoms with Crippen LogP contribution in [0.25, 0.3) is 0 Å². The number of nitrogens with zero attached hydrogens (tertiary/aromatic N) is 3. The molecule has 7 heteroatoms. The monoisotopic (exact) mass is 346 g/mol. The largest absolute Gasteiger partial charge is 0.335 e. The number of piperazine rings is 1. The first-order chi connectivity index (χ1) is 11.5. The lowest BCUT2D eigenvalue weighted by Crippen LogP contribution is -2.49. The molecule has 0 radical (unpaired) electrons. The Labute approximate surface area is 145 Å². The van der Waals surface area contributed by atoms with Crippen molar-refractivity contribution in [3.8, 4) is 0 Å². The van der Waals surface area contributed by atoms with Crippen molar-refractivity contribution in [2.24, 2.45) is 0 Å². The summed E-state index contributed by atoms with van der Waals surface area (Å²) in [6, 6.07) is 10.9. The van der Waals surface area contributed by atoms with E-state index in [-0.39, 0.29) is 23.2 Å². The lowest BCUT2D eigenvalue weighted by Gasteiger charge is -2.38. The van der Waals surface area contributed by atoms with Crippen molar-refractivity contribution >= 4 is 17.5 Å². The van der Waals surface area contributed by atoms with Gasteiger partial charge in [-0.3, -0.25) is 14.5 Å². The van der Waals surface area contributed by atoms with Gasteiger partial charge in [0.25, 0.3) is 11.5 Å². The van der Waals surface area contributed by atoms with Gasteiger partial charge in [0.1, 0.15) is 5.69 Å². The van der Waals surface area contributed by atoms with Crippen LogP contribution in [0.1, 0.15) is 29.0 Å². The highest BCUT2D eigenvalue weighted by Gasteiger charge is 2.26. The summed E-state index contributed by atoms with van der Waals surface area (Å²) in [5.41, 5.74) is 1.17. The van der Waals surface area contributed by atoms with Crippen LogP contribution in [0.5, 0.6) is 0 Å². The topological polar surface area (TPSA) is 69.3 Å². The van der Waals surface area contributed by atoms with E-state index in [2.05, 4.69) is 22.0 Å². The highest BCUT2D eigenvalue weighted by Crippen LogP contribution is 2.23. The van der Waals surface area contributed by atoms with Crippen LogP contribution in [0.4, 0.5) is 0 Å². The van der Waals surface area contributed by atoms with E-state index in [1.165, 1.54) is 17.7 Å². The number of amides is 1. The Hall–Kier alpha value is -2.18. The van der Waals surface area contributed by atoms with E-state index in [0.717, 1.165) is 18.1 Å². The second-order valence-corrected chi connectivity index (χ2v) is 6.30. The van der Waals surface area contributed by atoms with Crippen LogP contribution in [0, 0.1) is 0 Å². The molecule has 6 nitrogen and oxygen atoms in total. The highest BCUT2D eigenvalue weighted by molar-refractivity contribution is 6.30. The first kappa shape index (κ1) is 16.7. The number of carbonyl (C=O) groups is 1. The van der Waals surface area contributed by atoms with Gasteiger partial charge in [-0.1, -0.05) is 23.7 Å². The van der Waals surface area contributed by atoms with E-state index >= 15 is 0 Å². The van der Waals surface area contributed by atoms with Crippen molar-refractivity contribution < 1.29 is 4.79 Å². The van der Waals surface area contributed by atoms with Crippen LogP contribution in [-0.4, -0.2) is 52.1 Å². The number of rotatable bonds is 3. The molecule has 1 fully saturated rings. The van der Waals surface area contributed by atoms with Gasteiger partial charge < -0.3 is 4.90 Å². The molecule has 1 aromatic heterocycles. The van der Waals surface area contributed by atoms with Crippen molar-refractivity contribution in [1.82, 2.24) is 20.0 Å². The number of hydrogen-bond donors (Lipinski definition) is 1. The molecule has 1 saturated heterocycles. The third-order valence-corrected chi connectivity index (χ3v) is 4.65. The van der Waals surface area contributed by atoms with Gasteiger partial charge in [-0.05, 0) is 30.7 Å². The smallest absolute Gasteiger partial charge is 0.274 e. The Balaban J connectivity index is 1.61. The predicted octanol–water partition coefficient (Wildman–Crippen LogP) is 1.94. The maximum atomic E-state index is 12.4. The minimum Gasteiger partial charge on any atom is -0.335 e. The molecular formula is C17H19ClN4O2. The quantitative estimate of drug-likeness (QED) is 0.922. The third kappa shape index (κ3) is 3.66. The van der Waals surface area contributed by atoms with E-state index in [1.807, 2.05) is 24.3 Å². The Kier molecular flexibility index (Phi) is 4.97. The molecule has 1 aromatic carbocycles. The van der Waals surface area contributed by atoms with Crippen molar-refractivity contribution in [3.05, 3.63) is 63.0 Å². The fourth-order valence-corrected chi connectivity index (χ4v) is 3.02. The lowest BCUT2D eigenvalue weighted by molar-refractivity contribution is 0.0575. The Morgan fingerprint density at radius 2 is 1.79 bits per heavy atom. The molecule has 0 spiro atoms. The van der Waals surface area contributed by atoms with Gasteiger partial charge in [0, 0.05) is 43.3 Å². The zero-order valence-corrected chi connectivity index (χ0v) is 14.2. The summed E-state index contributed by atoms with van der Waals surface area (Å²) in [4.78, 5) is 27.5. The van der Waals surface area contributed by atoms with E-state index in [1.54, 1.807) is 4.90 Å². The van der Waals surface area contributed by atoms with Gasteiger partial charge in [-0.25, -0.2) is 5.10 Å². The van der Waals surface area contributed by atoms with Gasteiger partial charge >= 0.3 is 0 Å². The number of H-pyrrole nitrogens is 1. The van der Waals surface area contributed by atoms with E-state index in [0.29, 0.717) is 13.1 Å². The molecule has 2 aromatic rings. The van der Waals surface area contributed by atoms with Gasteiger partial charge in [0.15, 0.2) is 0 Å². The molecule has 0 aliphatic carbocycles. The summed E-state index contributed by atoms with van der Waals surface area (Å²) in [5.74, 6) is -0.148. The molecule has 1 amide bonds. The van der Waals surface area contributed by atoms with Gasteiger partial charge in [0.05, 0.1) is 0 Å². The second-order valence-electron chi connectivity index (χ2n) is 5.86. The zero-order chi connectivity index (χ0) is 17.1. The molecule has 0 saturated carbocycles. The van der Waals surface area contributed by atoms with Crippen LogP contribution < -0.4 is 5.56 Å². The van der Waals surface area contributed by atoms with Crippen LogP contribution in [0.15, 0.2) is 41.2 Å². The number of carbonyl (C=O) groups excluding carboxylic acids is 1. The van der Waals surface area contributed by atoms with Gasteiger partial charge in [0.2, 0.25) is 0 Å². The maximum Gasteiger partial charge on any atom is 0.274 e. The minimum absolute atomic E-state index is 0.148. The summed E-state index contributed by atoms with van der Waals surface area (Å²) < 4.78 is 0. The minimum atomic E-state index is -0.312. The molecule has 24 heavy (non-hydrogen) atoms. The van der Waals surface area contributed by atoms with Crippen molar-refractivity contribution in [1.29, 1.82) is 0 Å². The molecule has 126 valence electrons. The zero-order valence-electron chi connectivity index (χ0n) is 13.4. The van der Waals surface area contributed by atoms with Crippen LogP contribution in [0.2, 0.25) is 5.02 Å². The third-order valence-electron chi connectivity index (χ3n) is 4.40. The molecule has 0 bridgehead atoms. The Morgan fingerprint density at radius 1 is 1.12 bits per heavy atom. The second kappa shape index (κ2) is 7.15. The number of halogens is 1. The molecule has 1 aliphatic rings. The van der Waals surface area contributed by atoms with Crippen LogP contribution in [-0.2, 0) is 0 Å². The van der Waals surface area contributed by atoms with Crippen molar-refractivity contribution in [2.75, 3.05) is 26.2 Å². The van der Waals surface area contributed by atoms with E-state index < -0.39 is 0 Å². The number of benzene rings is 1. The number of aromatic nitrogens is 2.